The van der Waals surface area contributed by atoms with Crippen molar-refractivity contribution >= 4 is 23.5 Å². The first-order chi connectivity index (χ1) is 9.41. The van der Waals surface area contributed by atoms with Gasteiger partial charge in [-0.25, -0.2) is 0 Å². The molecule has 0 aliphatic carbocycles. The molecule has 0 spiro atoms. The van der Waals surface area contributed by atoms with Crippen LogP contribution in [0.2, 0.25) is 0 Å². The SMILES string of the molecule is CCCCSCCCCOCCCCSCCCC. The first kappa shape index (κ1) is 19.7. The first-order valence-electron chi connectivity index (χ1n) is 8.15. The van der Waals surface area contributed by atoms with Crippen LogP contribution in [0.25, 0.3) is 0 Å². The van der Waals surface area contributed by atoms with E-state index in [1.807, 2.05) is 0 Å². The molecule has 19 heavy (non-hydrogen) atoms. The Hall–Kier alpha value is 0.660. The summed E-state index contributed by atoms with van der Waals surface area (Å²) in [6, 6.07) is 0. The van der Waals surface area contributed by atoms with Gasteiger partial charge in [0.05, 0.1) is 0 Å². The molecule has 0 aromatic rings. The summed E-state index contributed by atoms with van der Waals surface area (Å²) in [6.45, 7) is 6.46. The topological polar surface area (TPSA) is 9.23 Å². The van der Waals surface area contributed by atoms with E-state index in [0.717, 1.165) is 13.2 Å². The van der Waals surface area contributed by atoms with Gasteiger partial charge in [0.25, 0.3) is 0 Å². The number of ether oxygens (including phenoxy) is 1. The second-order valence-corrected chi connectivity index (χ2v) is 7.41. The van der Waals surface area contributed by atoms with Crippen LogP contribution in [0.4, 0.5) is 0 Å². The lowest BCUT2D eigenvalue weighted by molar-refractivity contribution is 0.129. The van der Waals surface area contributed by atoms with Crippen LogP contribution in [-0.4, -0.2) is 36.2 Å². The summed E-state index contributed by atoms with van der Waals surface area (Å²) in [4.78, 5) is 0. The summed E-state index contributed by atoms with van der Waals surface area (Å²) in [5, 5.41) is 0. The fourth-order valence-electron chi connectivity index (χ4n) is 1.62. The van der Waals surface area contributed by atoms with E-state index in [2.05, 4.69) is 37.4 Å². The van der Waals surface area contributed by atoms with E-state index in [1.54, 1.807) is 0 Å². The standard InChI is InChI=1S/C16H34OS2/c1-3-5-13-18-15-9-7-11-17-12-8-10-16-19-14-6-4-2/h3-16H2,1-2H3. The highest BCUT2D eigenvalue weighted by Crippen LogP contribution is 2.09. The highest BCUT2D eigenvalue weighted by Gasteiger charge is 1.93. The van der Waals surface area contributed by atoms with Crippen molar-refractivity contribution in [2.24, 2.45) is 0 Å². The van der Waals surface area contributed by atoms with Crippen molar-refractivity contribution in [2.45, 2.75) is 65.2 Å². The van der Waals surface area contributed by atoms with Crippen molar-refractivity contribution in [2.75, 3.05) is 36.2 Å². The molecule has 0 amide bonds. The second-order valence-electron chi connectivity index (χ2n) is 4.96. The first-order valence-corrected chi connectivity index (χ1v) is 10.5. The van der Waals surface area contributed by atoms with E-state index in [9.17, 15) is 0 Å². The van der Waals surface area contributed by atoms with Crippen LogP contribution in [0.5, 0.6) is 0 Å². The zero-order valence-electron chi connectivity index (χ0n) is 13.1. The predicted molar refractivity (Wildman–Crippen MR) is 93.8 cm³/mol. The Balaban J connectivity index is 2.88. The summed E-state index contributed by atoms with van der Waals surface area (Å²) in [7, 11) is 0. The zero-order valence-corrected chi connectivity index (χ0v) is 14.8. The van der Waals surface area contributed by atoms with Gasteiger partial charge in [-0.15, -0.1) is 0 Å². The lowest BCUT2D eigenvalue weighted by Crippen LogP contribution is -1.98. The third-order valence-corrected chi connectivity index (χ3v) is 5.25. The van der Waals surface area contributed by atoms with Crippen molar-refractivity contribution in [3.8, 4) is 0 Å². The number of thioether (sulfide) groups is 2. The average Bonchev–Trinajstić information content (AvgIpc) is 2.43. The summed E-state index contributed by atoms with van der Waals surface area (Å²) < 4.78 is 5.67. The van der Waals surface area contributed by atoms with E-state index in [1.165, 1.54) is 74.4 Å². The van der Waals surface area contributed by atoms with Crippen molar-refractivity contribution < 1.29 is 4.74 Å². The third kappa shape index (κ3) is 18.7. The van der Waals surface area contributed by atoms with Gasteiger partial charge in [-0.05, 0) is 61.5 Å². The van der Waals surface area contributed by atoms with Crippen LogP contribution >= 0.6 is 23.5 Å². The van der Waals surface area contributed by atoms with Crippen LogP contribution in [0.1, 0.15) is 65.2 Å². The molecule has 0 bridgehead atoms. The maximum absolute atomic E-state index is 5.67. The van der Waals surface area contributed by atoms with Crippen LogP contribution in [0.3, 0.4) is 0 Å². The van der Waals surface area contributed by atoms with Gasteiger partial charge in [0.15, 0.2) is 0 Å². The molecule has 0 aliphatic rings. The summed E-state index contributed by atoms with van der Waals surface area (Å²) in [6.07, 6.45) is 10.5. The Morgan fingerprint density at radius 1 is 0.579 bits per heavy atom. The minimum Gasteiger partial charge on any atom is -0.381 e. The van der Waals surface area contributed by atoms with Gasteiger partial charge in [-0.2, -0.15) is 23.5 Å². The van der Waals surface area contributed by atoms with Crippen LogP contribution in [0, 0.1) is 0 Å². The van der Waals surface area contributed by atoms with Crippen molar-refractivity contribution in [1.29, 1.82) is 0 Å². The van der Waals surface area contributed by atoms with Gasteiger partial charge in [0, 0.05) is 13.2 Å². The molecule has 0 aromatic carbocycles. The van der Waals surface area contributed by atoms with Crippen molar-refractivity contribution in [1.82, 2.24) is 0 Å². The Morgan fingerprint density at radius 3 is 1.42 bits per heavy atom. The molecule has 0 radical (unpaired) electrons. The van der Waals surface area contributed by atoms with E-state index in [0.29, 0.717) is 0 Å². The Morgan fingerprint density at radius 2 is 1.00 bits per heavy atom. The molecule has 0 aromatic heterocycles. The highest BCUT2D eigenvalue weighted by atomic mass is 32.2. The van der Waals surface area contributed by atoms with Gasteiger partial charge in [-0.3, -0.25) is 0 Å². The van der Waals surface area contributed by atoms with E-state index in [4.69, 9.17) is 4.74 Å². The number of hydrogen-bond donors (Lipinski definition) is 0. The Kier molecular flexibility index (Phi) is 19.3. The molecule has 116 valence electrons. The minimum absolute atomic E-state index is 0.970. The number of hydrogen-bond acceptors (Lipinski definition) is 3. The molecular weight excluding hydrogens is 272 g/mol. The van der Waals surface area contributed by atoms with Gasteiger partial charge < -0.3 is 4.74 Å². The largest absolute Gasteiger partial charge is 0.381 e. The Labute approximate surface area is 130 Å². The molecule has 0 saturated carbocycles. The molecule has 0 unspecified atom stereocenters. The van der Waals surface area contributed by atoms with Gasteiger partial charge in [0.1, 0.15) is 0 Å². The Bertz CT molecular complexity index is 138. The molecule has 0 N–H and O–H groups in total. The maximum Gasteiger partial charge on any atom is 0.0466 e. The highest BCUT2D eigenvalue weighted by molar-refractivity contribution is 7.99. The maximum atomic E-state index is 5.67. The van der Waals surface area contributed by atoms with Gasteiger partial charge in [0.2, 0.25) is 0 Å². The third-order valence-electron chi connectivity index (χ3n) is 2.94. The normalized spacial score (nSPS) is 11.1. The smallest absolute Gasteiger partial charge is 0.0466 e. The predicted octanol–water partition coefficient (Wildman–Crippen LogP) is 5.63. The van der Waals surface area contributed by atoms with Crippen LogP contribution in [0.15, 0.2) is 0 Å². The van der Waals surface area contributed by atoms with E-state index >= 15 is 0 Å². The molecule has 0 rings (SSSR count). The van der Waals surface area contributed by atoms with Crippen LogP contribution in [-0.2, 0) is 4.74 Å². The monoisotopic (exact) mass is 306 g/mol. The summed E-state index contributed by atoms with van der Waals surface area (Å²) in [5.41, 5.74) is 0. The van der Waals surface area contributed by atoms with Crippen LogP contribution < -0.4 is 0 Å². The summed E-state index contributed by atoms with van der Waals surface area (Å²) >= 11 is 4.20. The minimum atomic E-state index is 0.970. The quantitative estimate of drug-likeness (QED) is 0.342. The lowest BCUT2D eigenvalue weighted by atomic mass is 10.3. The molecular formula is C16H34OS2. The van der Waals surface area contributed by atoms with Crippen molar-refractivity contribution in [3.63, 3.8) is 0 Å². The molecule has 0 aliphatic heterocycles. The second kappa shape index (κ2) is 18.7. The number of rotatable bonds is 16. The summed E-state index contributed by atoms with van der Waals surface area (Å²) in [5.74, 6) is 5.31. The fraction of sp³-hybridized carbons (Fsp3) is 1.00. The molecule has 3 heteroatoms. The van der Waals surface area contributed by atoms with Gasteiger partial charge in [-0.1, -0.05) is 26.7 Å². The van der Waals surface area contributed by atoms with Crippen molar-refractivity contribution in [3.05, 3.63) is 0 Å². The van der Waals surface area contributed by atoms with E-state index < -0.39 is 0 Å². The lowest BCUT2D eigenvalue weighted by Gasteiger charge is -2.04. The van der Waals surface area contributed by atoms with E-state index in [-0.39, 0.29) is 0 Å². The average molecular weight is 307 g/mol. The fourth-order valence-corrected chi connectivity index (χ4v) is 3.83. The molecule has 0 saturated heterocycles. The zero-order chi connectivity index (χ0) is 14.0. The molecule has 0 atom stereocenters. The molecule has 0 fully saturated rings. The van der Waals surface area contributed by atoms with Gasteiger partial charge >= 0.3 is 0 Å². The molecule has 0 heterocycles. The molecule has 1 nitrogen and oxygen atoms in total. The number of unbranched alkanes of at least 4 members (excludes halogenated alkanes) is 4.